The summed E-state index contributed by atoms with van der Waals surface area (Å²) in [6.45, 7) is 7.61. The average Bonchev–Trinajstić information content (AvgIpc) is 1.81. The van der Waals surface area contributed by atoms with Crippen molar-refractivity contribution in [3.63, 3.8) is 0 Å². The van der Waals surface area contributed by atoms with Crippen LogP contribution in [0.4, 0.5) is 107 Å². The molecule has 0 saturated carbocycles. The minimum absolute atomic E-state index is 0. The summed E-state index contributed by atoms with van der Waals surface area (Å²) in [7, 11) is 8.67. The third-order valence-corrected chi connectivity index (χ3v) is 16.2. The quantitative estimate of drug-likeness (QED) is 0.0697. The second kappa shape index (κ2) is 59.1. The van der Waals surface area contributed by atoms with E-state index in [-0.39, 0.29) is 175 Å². The maximum Gasteiger partial charge on any atom is 3.00 e. The van der Waals surface area contributed by atoms with Crippen molar-refractivity contribution < 1.29 is 180 Å². The van der Waals surface area contributed by atoms with Crippen molar-refractivity contribution in [3.05, 3.63) is 378 Å². The van der Waals surface area contributed by atoms with Crippen molar-refractivity contribution in [2.75, 3.05) is 60.3 Å². The normalized spacial score (nSPS) is 12.2. The summed E-state index contributed by atoms with van der Waals surface area (Å²) >= 11 is 0. The van der Waals surface area contributed by atoms with Crippen LogP contribution >= 0.6 is 0 Å². The molecule has 5 aliphatic heterocycles. The largest absolute Gasteiger partial charge is 3.00 e. The Kier molecular flexibility index (Phi) is 48.3. The number of benzene rings is 4. The van der Waals surface area contributed by atoms with E-state index in [0.717, 1.165) is 72.3 Å². The Morgan fingerprint density at radius 1 is 0.283 bits per heavy atom. The van der Waals surface area contributed by atoms with E-state index >= 15 is 0 Å². The van der Waals surface area contributed by atoms with Gasteiger partial charge in [-0.05, 0) is 81.9 Å². The summed E-state index contributed by atoms with van der Waals surface area (Å²) in [6, 6.07) is 48.7. The van der Waals surface area contributed by atoms with Gasteiger partial charge in [-0.1, -0.05) is 40.5 Å². The van der Waals surface area contributed by atoms with Gasteiger partial charge in [-0.2, -0.15) is 61.1 Å². The Hall–Kier alpha value is -15.1. The summed E-state index contributed by atoms with van der Waals surface area (Å²) in [5, 5.41) is 33.8. The number of aromatic nitrogens is 18. The molecule has 0 bridgehead atoms. The Labute approximate surface area is 879 Å². The first kappa shape index (κ1) is 119. The fourth-order valence-corrected chi connectivity index (χ4v) is 10.2. The zero-order valence-electron chi connectivity index (χ0n) is 73.1. The minimum Gasteiger partial charge on any atom is -0.493 e. The summed E-state index contributed by atoms with van der Waals surface area (Å²) in [4.78, 5) is 71.9. The second-order valence-corrected chi connectivity index (χ2v) is 26.3. The van der Waals surface area contributed by atoms with E-state index in [1.54, 1.807) is 77.9 Å². The Morgan fingerprint density at radius 2 is 0.552 bits per heavy atom. The van der Waals surface area contributed by atoms with Crippen LogP contribution in [0.2, 0.25) is 0 Å². The molecule has 0 amide bonds. The Bertz CT molecular complexity index is 6180. The van der Waals surface area contributed by atoms with Gasteiger partial charge in [0.1, 0.15) is 66.9 Å². The van der Waals surface area contributed by atoms with Gasteiger partial charge in [0.15, 0.2) is 0 Å². The van der Waals surface area contributed by atoms with Gasteiger partial charge in [0.25, 0.3) is 0 Å². The topological polar surface area (TPSA) is 350 Å². The van der Waals surface area contributed by atoms with Gasteiger partial charge in [0.2, 0.25) is 0 Å². The van der Waals surface area contributed by atoms with Crippen LogP contribution in [0.3, 0.4) is 0 Å². The minimum atomic E-state index is -0.992. The molecule has 11 aromatic heterocycles. The molecule has 0 fully saturated rings. The molecule has 16 heterocycles. The standard InChI is InChI=1S/C11H4F2N3.C10H5F2N2.2C9H4F2N3.C9H6N3.5C8H6F2N4.5Ir/c12-9-3-2-7(10(13)8(9)6-14)11-15-4-1-5-16-11;11-7-2-3-8(9(12)6-7)10-13-4-1-5-14-10;10-7-3-2-6(8(11)14-7)9-12-4-1-5-13-9;10-6-1-2-7(8(11)3-6)9-13-4-12-5-14-9;1-2-4-8(5-3-1)9-11-6-10-7-12-9;5*1-13-4-11-14(5-13)6-2-3-7(9)12-8(6)10;;;;;/h1,3-5H;1-2,4-6H;2*1,3-5H;1-4,6-7H;5*3-5H,1H3;;;;;/q5*-1;5*-2;5*+3. The first-order valence-electron chi connectivity index (χ1n) is 38.4. The number of nitriles is 1. The number of rotatable bonds is 10. The van der Waals surface area contributed by atoms with E-state index in [4.69, 9.17) is 5.26 Å². The first-order valence-corrected chi connectivity index (χ1v) is 38.4. The molecule has 0 atom stereocenters. The van der Waals surface area contributed by atoms with E-state index in [1.807, 2.05) is 24.3 Å². The van der Waals surface area contributed by atoms with Gasteiger partial charge in [-0.25, -0.2) is 18.7 Å². The van der Waals surface area contributed by atoms with Gasteiger partial charge in [-0.3, -0.25) is 125 Å². The SMILES string of the molecule is CN1C=NN(c2[c-]cc(F)nc2F)[CH-]1.CN1C=NN(c2[c-]cc(F)nc2F)[CH-]1.CN1C=NN(c2[c-]cc(F)nc2F)[CH-]1.CN1C=NN(c2[c-]cc(F)nc2F)[CH-]1.CN1C=NN(c2[c-]cc(F)nc2F)[CH-]1.Fc1c[c-]c(-c2ncccn2)c(F)c1.Fc1c[c-]c(-c2ncccn2)c(F)n1.Fc1c[c-]c(-c2ncncn2)c(F)c1.N#Cc1c(F)c[c-]c(-c2ncccn2)c1F.[Ir+3].[Ir+3].[Ir+3].[Ir+3].[Ir+3].[c-]1ccccc1-c1ncncn1. The van der Waals surface area contributed by atoms with Gasteiger partial charge < -0.3 is 74.5 Å². The smallest absolute Gasteiger partial charge is 0.493 e. The molecule has 20 rings (SSSR count). The molecule has 4 aromatic carbocycles. The molecule has 0 aliphatic carbocycles. The molecule has 15 aromatic rings. The molecular weight excluding hydrogens is 2840 g/mol. The molecule has 0 unspecified atom stereocenters. The van der Waals surface area contributed by atoms with Crippen molar-refractivity contribution >= 4 is 60.1 Å². The fourth-order valence-electron chi connectivity index (χ4n) is 10.2. The summed E-state index contributed by atoms with van der Waals surface area (Å²) in [5.74, 6) is -14.6. The van der Waals surface area contributed by atoms with Gasteiger partial charge in [0, 0.05) is 66.0 Å². The Morgan fingerprint density at radius 3 is 0.821 bits per heavy atom. The molecule has 57 heteroatoms. The third-order valence-electron chi connectivity index (χ3n) is 16.2. The van der Waals surface area contributed by atoms with Crippen molar-refractivity contribution in [1.29, 1.82) is 5.26 Å². The zero-order valence-corrected chi connectivity index (χ0v) is 85.1. The summed E-state index contributed by atoms with van der Waals surface area (Å²) < 4.78 is 231. The predicted molar refractivity (Wildman–Crippen MR) is 459 cm³/mol. The monoisotopic (exact) mass is 2890 g/mol. The second-order valence-electron chi connectivity index (χ2n) is 26.3. The maximum atomic E-state index is 13.6. The molecule has 0 spiro atoms. The molecule has 34 nitrogen and oxygen atoms in total. The van der Waals surface area contributed by atoms with Crippen molar-refractivity contribution in [1.82, 2.24) is 114 Å². The number of hydrogen-bond acceptors (Lipinski definition) is 34. The van der Waals surface area contributed by atoms with E-state index in [0.29, 0.717) is 5.82 Å². The van der Waals surface area contributed by atoms with E-state index in [1.165, 1.54) is 159 Å². The van der Waals surface area contributed by atoms with Crippen LogP contribution in [-0.4, -0.2) is 181 Å². The van der Waals surface area contributed by atoms with Gasteiger partial charge in [0.05, 0.1) is 108 Å². The molecule has 5 aliphatic rings. The molecule has 0 saturated heterocycles. The van der Waals surface area contributed by atoms with E-state index < -0.39 is 112 Å². The molecule has 746 valence electrons. The maximum absolute atomic E-state index is 13.6. The fraction of sp³-hybridized carbons (Fsp3) is 0.0568. The first-order chi connectivity index (χ1) is 67.3. The number of anilines is 5. The number of halogens is 18. The Balaban J connectivity index is 0.000000245. The van der Waals surface area contributed by atoms with Crippen LogP contribution in [0.25, 0.3) is 56.9 Å². The third kappa shape index (κ3) is 35.8. The number of pyridine rings is 6. The zero-order chi connectivity index (χ0) is 100. The van der Waals surface area contributed by atoms with E-state index in [9.17, 15) is 79.0 Å². The van der Waals surface area contributed by atoms with Crippen LogP contribution in [0.5, 0.6) is 0 Å². The average molecular weight is 2890 g/mol. The molecule has 0 radical (unpaired) electrons. The van der Waals surface area contributed by atoms with Crippen LogP contribution in [0.1, 0.15) is 5.56 Å². The van der Waals surface area contributed by atoms with Crippen molar-refractivity contribution in [3.8, 4) is 63.0 Å². The van der Waals surface area contributed by atoms with Crippen LogP contribution in [0.15, 0.2) is 197 Å². The number of hydrazone groups is 5. The van der Waals surface area contributed by atoms with Crippen LogP contribution in [0, 0.1) is 212 Å². The summed E-state index contributed by atoms with van der Waals surface area (Å²) in [5.41, 5.74) is 0.164. The van der Waals surface area contributed by atoms with Crippen LogP contribution in [-0.2, 0) is 101 Å². The summed E-state index contributed by atoms with van der Waals surface area (Å²) in [6.07, 6.45) is 21.6. The van der Waals surface area contributed by atoms with Gasteiger partial charge in [-0.15, -0.1) is 142 Å². The van der Waals surface area contributed by atoms with Gasteiger partial charge >= 0.3 is 101 Å². The number of hydrogen-bond donors (Lipinski definition) is 0. The molecular formula is C88H53F18Ir5N34. The number of nitrogens with zero attached hydrogens (tertiary/aromatic N) is 34. The molecule has 0 N–H and O–H groups in total. The predicted octanol–water partition coefficient (Wildman–Crippen LogP) is 13.7. The van der Waals surface area contributed by atoms with E-state index in [2.05, 4.69) is 176 Å². The van der Waals surface area contributed by atoms with Crippen LogP contribution < -0.4 is 25.0 Å². The van der Waals surface area contributed by atoms with Crippen molar-refractivity contribution in [2.24, 2.45) is 25.5 Å². The van der Waals surface area contributed by atoms with Crippen molar-refractivity contribution in [2.45, 2.75) is 0 Å². The molecule has 145 heavy (non-hydrogen) atoms.